The highest BCUT2D eigenvalue weighted by atomic mass is 35.5. The smallest absolute Gasteiger partial charge is 0.293 e. The Kier molecular flexibility index (Phi) is 6.66. The fraction of sp³-hybridized carbons (Fsp3) is 0.130. The van der Waals surface area contributed by atoms with Crippen molar-refractivity contribution in [2.45, 2.75) is 20.4 Å². The van der Waals surface area contributed by atoms with E-state index in [-0.39, 0.29) is 17.7 Å². The number of aromatic nitrogens is 1. The number of hydrogen-bond acceptors (Lipinski definition) is 3. The molecule has 3 aromatic rings. The molecule has 0 bridgehead atoms. The number of rotatable bonds is 4. The quantitative estimate of drug-likeness (QED) is 0.324. The average molecular weight is 526 g/mol. The van der Waals surface area contributed by atoms with Gasteiger partial charge in [0.25, 0.3) is 11.1 Å². The van der Waals surface area contributed by atoms with Gasteiger partial charge in [0.15, 0.2) is 0 Å². The normalized spacial score (nSPS) is 15.3. The Labute approximate surface area is 209 Å². The first-order chi connectivity index (χ1) is 15.2. The van der Waals surface area contributed by atoms with Crippen LogP contribution in [0.3, 0.4) is 0 Å². The summed E-state index contributed by atoms with van der Waals surface area (Å²) < 4.78 is 2.02. The van der Waals surface area contributed by atoms with Crippen molar-refractivity contribution in [1.82, 2.24) is 9.47 Å². The highest BCUT2D eigenvalue weighted by molar-refractivity contribution is 8.18. The lowest BCUT2D eigenvalue weighted by Gasteiger charge is -2.14. The molecule has 4 rings (SSSR count). The molecule has 0 radical (unpaired) electrons. The summed E-state index contributed by atoms with van der Waals surface area (Å²) in [6.45, 7) is 3.91. The zero-order valence-corrected chi connectivity index (χ0v) is 20.8. The van der Waals surface area contributed by atoms with Gasteiger partial charge < -0.3 is 4.57 Å². The number of imide groups is 1. The van der Waals surface area contributed by atoms with Crippen LogP contribution in [0.2, 0.25) is 20.1 Å². The SMILES string of the molecule is Cc1cc(/C=C2\SC(=O)N(Cc3c(Cl)cccc3Cl)C2=O)c(C)n1-c1ccc(Cl)c(Cl)c1. The monoisotopic (exact) mass is 524 g/mol. The van der Waals surface area contributed by atoms with Crippen molar-refractivity contribution in [1.29, 1.82) is 0 Å². The maximum atomic E-state index is 13.0. The molecule has 32 heavy (non-hydrogen) atoms. The number of benzene rings is 2. The lowest BCUT2D eigenvalue weighted by atomic mass is 10.2. The van der Waals surface area contributed by atoms with Gasteiger partial charge >= 0.3 is 0 Å². The second-order valence-electron chi connectivity index (χ2n) is 7.23. The maximum Gasteiger partial charge on any atom is 0.293 e. The predicted octanol–water partition coefficient (Wildman–Crippen LogP) is 7.94. The van der Waals surface area contributed by atoms with Crippen LogP contribution in [0.1, 0.15) is 22.5 Å². The van der Waals surface area contributed by atoms with Crippen LogP contribution in [-0.4, -0.2) is 20.6 Å². The van der Waals surface area contributed by atoms with Gasteiger partial charge in [0.1, 0.15) is 0 Å². The van der Waals surface area contributed by atoms with E-state index in [2.05, 4.69) is 0 Å². The molecule has 0 spiro atoms. The molecule has 9 heteroatoms. The summed E-state index contributed by atoms with van der Waals surface area (Å²) in [5.41, 5.74) is 4.08. The van der Waals surface area contributed by atoms with Gasteiger partial charge in [-0.2, -0.15) is 0 Å². The van der Waals surface area contributed by atoms with E-state index in [1.807, 2.05) is 30.5 Å². The van der Waals surface area contributed by atoms with Crippen LogP contribution < -0.4 is 0 Å². The van der Waals surface area contributed by atoms with Crippen molar-refractivity contribution in [3.05, 3.63) is 90.0 Å². The van der Waals surface area contributed by atoms with Crippen LogP contribution in [0.4, 0.5) is 4.79 Å². The number of thioether (sulfide) groups is 1. The van der Waals surface area contributed by atoms with E-state index in [0.29, 0.717) is 30.6 Å². The van der Waals surface area contributed by atoms with Crippen molar-refractivity contribution >= 4 is 75.4 Å². The topological polar surface area (TPSA) is 42.3 Å². The van der Waals surface area contributed by atoms with Crippen molar-refractivity contribution in [3.63, 3.8) is 0 Å². The second kappa shape index (κ2) is 9.16. The molecule has 1 aliphatic rings. The van der Waals surface area contributed by atoms with Gasteiger partial charge in [-0.05, 0) is 73.6 Å². The van der Waals surface area contributed by atoms with Crippen LogP contribution in [0.15, 0.2) is 47.4 Å². The molecule has 0 saturated carbocycles. The van der Waals surface area contributed by atoms with Gasteiger partial charge in [0, 0.05) is 32.7 Å². The highest BCUT2D eigenvalue weighted by Gasteiger charge is 2.36. The Morgan fingerprint density at radius 2 is 1.59 bits per heavy atom. The number of carbonyl (C=O) groups excluding carboxylic acids is 2. The third-order valence-corrected chi connectivity index (χ3v) is 7.52. The van der Waals surface area contributed by atoms with E-state index in [1.54, 1.807) is 36.4 Å². The van der Waals surface area contributed by atoms with Crippen molar-refractivity contribution in [3.8, 4) is 5.69 Å². The molecule has 2 heterocycles. The van der Waals surface area contributed by atoms with Gasteiger partial charge in [-0.15, -0.1) is 0 Å². The molecule has 1 aliphatic heterocycles. The molecule has 1 aromatic heterocycles. The maximum absolute atomic E-state index is 13.0. The molecule has 164 valence electrons. The minimum atomic E-state index is -0.379. The van der Waals surface area contributed by atoms with Crippen molar-refractivity contribution < 1.29 is 9.59 Å². The van der Waals surface area contributed by atoms with E-state index < -0.39 is 0 Å². The number of hydrogen-bond donors (Lipinski definition) is 0. The Hall–Kier alpha value is -1.89. The summed E-state index contributed by atoms with van der Waals surface area (Å²) in [4.78, 5) is 27.1. The van der Waals surface area contributed by atoms with Crippen molar-refractivity contribution in [2.24, 2.45) is 0 Å². The van der Waals surface area contributed by atoms with Gasteiger partial charge in [0.05, 0.1) is 21.5 Å². The van der Waals surface area contributed by atoms with E-state index in [0.717, 1.165) is 39.3 Å². The van der Waals surface area contributed by atoms with E-state index in [1.165, 1.54) is 0 Å². The largest absolute Gasteiger partial charge is 0.318 e. The highest BCUT2D eigenvalue weighted by Crippen LogP contribution is 2.37. The lowest BCUT2D eigenvalue weighted by Crippen LogP contribution is -2.27. The Balaban J connectivity index is 1.66. The van der Waals surface area contributed by atoms with E-state index in [9.17, 15) is 9.59 Å². The number of carbonyl (C=O) groups is 2. The summed E-state index contributed by atoms with van der Waals surface area (Å²) in [5, 5.41) is 1.38. The third kappa shape index (κ3) is 4.33. The molecule has 4 nitrogen and oxygen atoms in total. The van der Waals surface area contributed by atoms with Gasteiger partial charge in [-0.1, -0.05) is 52.5 Å². The molecule has 2 aromatic carbocycles. The third-order valence-electron chi connectivity index (χ3n) is 5.17. The lowest BCUT2D eigenvalue weighted by molar-refractivity contribution is -0.123. The Bertz CT molecular complexity index is 1280. The fourth-order valence-corrected chi connectivity index (χ4v) is 5.21. The first-order valence-corrected chi connectivity index (χ1v) is 11.8. The summed E-state index contributed by atoms with van der Waals surface area (Å²) in [6, 6.07) is 12.4. The number of aryl methyl sites for hydroxylation is 1. The molecule has 1 fully saturated rings. The zero-order chi connectivity index (χ0) is 23.2. The van der Waals surface area contributed by atoms with Crippen LogP contribution >= 0.6 is 58.2 Å². The average Bonchev–Trinajstić information content (AvgIpc) is 3.16. The molecule has 0 unspecified atom stereocenters. The van der Waals surface area contributed by atoms with Gasteiger partial charge in [0.2, 0.25) is 0 Å². The first-order valence-electron chi connectivity index (χ1n) is 9.50. The second-order valence-corrected chi connectivity index (χ2v) is 9.85. The van der Waals surface area contributed by atoms with Gasteiger partial charge in [-0.3, -0.25) is 14.5 Å². The molecule has 0 atom stereocenters. The van der Waals surface area contributed by atoms with Crippen LogP contribution in [0.5, 0.6) is 0 Å². The minimum Gasteiger partial charge on any atom is -0.318 e. The summed E-state index contributed by atoms with van der Waals surface area (Å²) in [7, 11) is 0. The van der Waals surface area contributed by atoms with E-state index >= 15 is 0 Å². The summed E-state index contributed by atoms with van der Waals surface area (Å²) in [5.74, 6) is -0.379. The molecule has 0 N–H and O–H groups in total. The number of nitrogens with zero attached hydrogens (tertiary/aromatic N) is 2. The minimum absolute atomic E-state index is 0.0167. The summed E-state index contributed by atoms with van der Waals surface area (Å²) >= 11 is 25.6. The van der Waals surface area contributed by atoms with Crippen LogP contribution in [0, 0.1) is 13.8 Å². The fourth-order valence-electron chi connectivity index (χ4n) is 3.57. The van der Waals surface area contributed by atoms with Gasteiger partial charge in [-0.25, -0.2) is 0 Å². The molecular formula is C23H16Cl4N2O2S. The van der Waals surface area contributed by atoms with Crippen LogP contribution in [0.25, 0.3) is 11.8 Å². The predicted molar refractivity (Wildman–Crippen MR) is 133 cm³/mol. The molecule has 1 saturated heterocycles. The number of amides is 2. The van der Waals surface area contributed by atoms with Crippen molar-refractivity contribution in [2.75, 3.05) is 0 Å². The molecular weight excluding hydrogens is 510 g/mol. The standard InChI is InChI=1S/C23H16Cl4N2O2S/c1-12-8-14(13(2)29(12)15-6-7-19(26)20(27)10-15)9-21-22(30)28(23(31)32-21)11-16-17(24)4-3-5-18(16)25/h3-10H,11H2,1-2H3/b21-9-. The zero-order valence-electron chi connectivity index (χ0n) is 17.0. The van der Waals surface area contributed by atoms with Crippen LogP contribution in [-0.2, 0) is 11.3 Å². The molecule has 2 amide bonds. The summed E-state index contributed by atoms with van der Waals surface area (Å²) in [6.07, 6.45) is 1.73. The Morgan fingerprint density at radius 1 is 0.906 bits per heavy atom. The Morgan fingerprint density at radius 3 is 2.25 bits per heavy atom. The first kappa shape index (κ1) is 23.3. The molecule has 0 aliphatic carbocycles. The number of halogens is 4. The van der Waals surface area contributed by atoms with E-state index in [4.69, 9.17) is 46.4 Å².